The summed E-state index contributed by atoms with van der Waals surface area (Å²) in [6, 6.07) is 11.2. The quantitative estimate of drug-likeness (QED) is 0.857. The van der Waals surface area contributed by atoms with Gasteiger partial charge in [0.2, 0.25) is 0 Å². The second-order valence-corrected chi connectivity index (χ2v) is 6.08. The highest BCUT2D eigenvalue weighted by atomic mass is 35.5. The molecule has 1 amide bonds. The van der Waals surface area contributed by atoms with E-state index in [1.165, 1.54) is 0 Å². The molecule has 4 nitrogen and oxygen atoms in total. The SMILES string of the molecule is COc1cccc(CNC(=O)C(C)Oc2cc(C)c(Cl)c(C)c2)c1. The number of hydrogen-bond acceptors (Lipinski definition) is 3. The summed E-state index contributed by atoms with van der Waals surface area (Å²) in [6.07, 6.45) is -0.601. The van der Waals surface area contributed by atoms with E-state index in [0.717, 1.165) is 27.5 Å². The van der Waals surface area contributed by atoms with E-state index in [1.807, 2.05) is 50.2 Å². The molecule has 0 aliphatic rings. The molecule has 1 N–H and O–H groups in total. The number of nitrogens with one attached hydrogen (secondary N) is 1. The molecule has 5 heteroatoms. The number of hydrogen-bond donors (Lipinski definition) is 1. The van der Waals surface area contributed by atoms with Crippen molar-refractivity contribution in [1.82, 2.24) is 5.32 Å². The van der Waals surface area contributed by atoms with Gasteiger partial charge in [-0.05, 0) is 61.7 Å². The van der Waals surface area contributed by atoms with Crippen molar-refractivity contribution in [3.63, 3.8) is 0 Å². The standard InChI is InChI=1S/C19H22ClNO3/c1-12-8-17(9-13(2)18(12)20)24-14(3)19(22)21-11-15-6-5-7-16(10-15)23-4/h5-10,14H,11H2,1-4H3,(H,21,22). The van der Waals surface area contributed by atoms with Crippen LogP contribution < -0.4 is 14.8 Å². The average molecular weight is 348 g/mol. The van der Waals surface area contributed by atoms with Crippen molar-refractivity contribution in [2.75, 3.05) is 7.11 Å². The maximum Gasteiger partial charge on any atom is 0.261 e. The van der Waals surface area contributed by atoms with E-state index in [0.29, 0.717) is 12.3 Å². The summed E-state index contributed by atoms with van der Waals surface area (Å²) in [5, 5.41) is 3.59. The summed E-state index contributed by atoms with van der Waals surface area (Å²) in [7, 11) is 1.61. The van der Waals surface area contributed by atoms with Crippen LogP contribution in [0.1, 0.15) is 23.6 Å². The normalized spacial score (nSPS) is 11.7. The van der Waals surface area contributed by atoms with Gasteiger partial charge in [-0.15, -0.1) is 0 Å². The lowest BCUT2D eigenvalue weighted by molar-refractivity contribution is -0.127. The Morgan fingerprint density at radius 2 is 1.83 bits per heavy atom. The molecule has 0 radical (unpaired) electrons. The third-order valence-electron chi connectivity index (χ3n) is 3.69. The molecule has 2 rings (SSSR count). The van der Waals surface area contributed by atoms with Crippen molar-refractivity contribution in [1.29, 1.82) is 0 Å². The summed E-state index contributed by atoms with van der Waals surface area (Å²) in [4.78, 5) is 12.2. The van der Waals surface area contributed by atoms with Crippen molar-refractivity contribution in [3.05, 3.63) is 58.1 Å². The predicted octanol–water partition coefficient (Wildman–Crippen LogP) is 4.05. The molecule has 0 aliphatic carbocycles. The Bertz CT molecular complexity index is 707. The Morgan fingerprint density at radius 1 is 1.17 bits per heavy atom. The zero-order valence-corrected chi connectivity index (χ0v) is 15.1. The average Bonchev–Trinajstić information content (AvgIpc) is 2.57. The summed E-state index contributed by atoms with van der Waals surface area (Å²) >= 11 is 6.15. The first-order valence-corrected chi connectivity index (χ1v) is 8.12. The number of benzene rings is 2. The molecular weight excluding hydrogens is 326 g/mol. The summed E-state index contributed by atoms with van der Waals surface area (Å²) in [5.74, 6) is 1.22. The molecule has 24 heavy (non-hydrogen) atoms. The first kappa shape index (κ1) is 18.1. The molecule has 0 heterocycles. The van der Waals surface area contributed by atoms with Crippen LogP contribution in [0.3, 0.4) is 0 Å². The zero-order valence-electron chi connectivity index (χ0n) is 14.4. The van der Waals surface area contributed by atoms with Gasteiger partial charge < -0.3 is 14.8 Å². The van der Waals surface area contributed by atoms with Gasteiger partial charge in [-0.3, -0.25) is 4.79 Å². The highest BCUT2D eigenvalue weighted by Crippen LogP contribution is 2.26. The minimum absolute atomic E-state index is 0.178. The van der Waals surface area contributed by atoms with Crippen molar-refractivity contribution >= 4 is 17.5 Å². The molecule has 0 spiro atoms. The topological polar surface area (TPSA) is 47.6 Å². The van der Waals surface area contributed by atoms with E-state index >= 15 is 0 Å². The van der Waals surface area contributed by atoms with Gasteiger partial charge >= 0.3 is 0 Å². The molecule has 2 aromatic rings. The lowest BCUT2D eigenvalue weighted by atomic mass is 10.1. The van der Waals surface area contributed by atoms with E-state index in [9.17, 15) is 4.79 Å². The molecule has 1 unspecified atom stereocenters. The van der Waals surface area contributed by atoms with Gasteiger partial charge in [-0.25, -0.2) is 0 Å². The molecule has 0 saturated carbocycles. The van der Waals surface area contributed by atoms with Crippen LogP contribution in [-0.4, -0.2) is 19.1 Å². The van der Waals surface area contributed by atoms with Gasteiger partial charge in [-0.1, -0.05) is 23.7 Å². The van der Waals surface area contributed by atoms with E-state index in [4.69, 9.17) is 21.1 Å². The molecule has 0 fully saturated rings. The minimum Gasteiger partial charge on any atom is -0.497 e. The first-order valence-electron chi connectivity index (χ1n) is 7.74. The highest BCUT2D eigenvalue weighted by Gasteiger charge is 2.15. The highest BCUT2D eigenvalue weighted by molar-refractivity contribution is 6.32. The molecule has 2 aromatic carbocycles. The monoisotopic (exact) mass is 347 g/mol. The fourth-order valence-electron chi connectivity index (χ4n) is 2.35. The molecule has 0 saturated heterocycles. The van der Waals surface area contributed by atoms with Crippen LogP contribution in [0.25, 0.3) is 0 Å². The van der Waals surface area contributed by atoms with E-state index < -0.39 is 6.10 Å². The van der Waals surface area contributed by atoms with Crippen LogP contribution in [0.15, 0.2) is 36.4 Å². The summed E-state index contributed by atoms with van der Waals surface area (Å²) in [5.41, 5.74) is 2.82. The van der Waals surface area contributed by atoms with E-state index in [2.05, 4.69) is 5.32 Å². The third kappa shape index (κ3) is 4.65. The van der Waals surface area contributed by atoms with Crippen molar-refractivity contribution < 1.29 is 14.3 Å². The smallest absolute Gasteiger partial charge is 0.261 e. The minimum atomic E-state index is -0.601. The Balaban J connectivity index is 1.94. The number of halogens is 1. The molecule has 1 atom stereocenters. The molecule has 0 aliphatic heterocycles. The number of rotatable bonds is 6. The zero-order chi connectivity index (χ0) is 17.7. The molecule has 0 aromatic heterocycles. The van der Waals surface area contributed by atoms with E-state index in [-0.39, 0.29) is 5.91 Å². The van der Waals surface area contributed by atoms with Crippen LogP contribution in [0.5, 0.6) is 11.5 Å². The number of amides is 1. The van der Waals surface area contributed by atoms with Crippen LogP contribution in [0.2, 0.25) is 5.02 Å². The fraction of sp³-hybridized carbons (Fsp3) is 0.316. The number of methoxy groups -OCH3 is 1. The Kier molecular flexibility index (Phi) is 6.10. The fourth-order valence-corrected chi connectivity index (χ4v) is 2.46. The maximum atomic E-state index is 12.2. The van der Waals surface area contributed by atoms with Crippen LogP contribution >= 0.6 is 11.6 Å². The van der Waals surface area contributed by atoms with Gasteiger partial charge in [0.1, 0.15) is 11.5 Å². The largest absolute Gasteiger partial charge is 0.497 e. The molecule has 0 bridgehead atoms. The number of carbonyl (C=O) groups excluding carboxylic acids is 1. The van der Waals surface area contributed by atoms with Gasteiger partial charge in [-0.2, -0.15) is 0 Å². The first-order chi connectivity index (χ1) is 11.4. The number of carbonyl (C=O) groups is 1. The van der Waals surface area contributed by atoms with Gasteiger partial charge in [0.15, 0.2) is 6.10 Å². The van der Waals surface area contributed by atoms with Crippen LogP contribution in [-0.2, 0) is 11.3 Å². The molecule has 128 valence electrons. The van der Waals surface area contributed by atoms with Crippen LogP contribution in [0, 0.1) is 13.8 Å². The third-order valence-corrected chi connectivity index (χ3v) is 4.29. The number of ether oxygens (including phenoxy) is 2. The Morgan fingerprint density at radius 3 is 2.46 bits per heavy atom. The Hall–Kier alpha value is -2.20. The molecular formula is C19H22ClNO3. The maximum absolute atomic E-state index is 12.2. The summed E-state index contributed by atoms with van der Waals surface area (Å²) < 4.78 is 10.9. The number of aryl methyl sites for hydroxylation is 2. The van der Waals surface area contributed by atoms with Gasteiger partial charge in [0.25, 0.3) is 5.91 Å². The predicted molar refractivity (Wildman–Crippen MR) is 95.9 cm³/mol. The van der Waals surface area contributed by atoms with Crippen molar-refractivity contribution in [3.8, 4) is 11.5 Å². The van der Waals surface area contributed by atoms with Gasteiger partial charge in [0.05, 0.1) is 7.11 Å². The van der Waals surface area contributed by atoms with Crippen LogP contribution in [0.4, 0.5) is 0 Å². The lowest BCUT2D eigenvalue weighted by Crippen LogP contribution is -2.35. The van der Waals surface area contributed by atoms with Crippen molar-refractivity contribution in [2.45, 2.75) is 33.4 Å². The van der Waals surface area contributed by atoms with E-state index in [1.54, 1.807) is 14.0 Å². The Labute approximate surface area is 147 Å². The van der Waals surface area contributed by atoms with Crippen molar-refractivity contribution in [2.24, 2.45) is 0 Å². The van der Waals surface area contributed by atoms with Gasteiger partial charge in [0, 0.05) is 11.6 Å². The summed E-state index contributed by atoms with van der Waals surface area (Å²) in [6.45, 7) is 5.97. The second kappa shape index (κ2) is 8.06. The lowest BCUT2D eigenvalue weighted by Gasteiger charge is -2.16. The second-order valence-electron chi connectivity index (χ2n) is 5.70.